The lowest BCUT2D eigenvalue weighted by Crippen LogP contribution is -1.84. The predicted octanol–water partition coefficient (Wildman–Crippen LogP) is 2.31. The second-order valence-corrected chi connectivity index (χ2v) is 3.03. The van der Waals surface area contributed by atoms with Gasteiger partial charge >= 0.3 is 0 Å². The van der Waals surface area contributed by atoms with Crippen LogP contribution in [0.5, 0.6) is 5.75 Å². The van der Waals surface area contributed by atoms with Crippen LogP contribution in [-0.2, 0) is 4.79 Å². The monoisotopic (exact) mass is 185 g/mol. The summed E-state index contributed by atoms with van der Waals surface area (Å²) in [6, 6.07) is 11.2. The summed E-state index contributed by atoms with van der Waals surface area (Å²) in [5.74, 6) is 0.820. The smallest absolute Gasteiger partial charge is 0.233 e. The first-order valence-corrected chi connectivity index (χ1v) is 4.29. The number of methoxy groups -OCH3 is 1. The number of benzene rings is 2. The average Bonchev–Trinajstić information content (AvgIpc) is 2.27. The van der Waals surface area contributed by atoms with E-state index in [1.54, 1.807) is 13.2 Å². The Bertz CT molecular complexity index is 475. The van der Waals surface area contributed by atoms with Gasteiger partial charge in [-0.05, 0) is 29.0 Å². The highest BCUT2D eigenvalue weighted by molar-refractivity contribution is 5.89. The van der Waals surface area contributed by atoms with Crippen molar-refractivity contribution in [3.8, 4) is 5.75 Å². The Labute approximate surface area is 82.1 Å². The molecule has 0 bridgehead atoms. The van der Waals surface area contributed by atoms with Crippen LogP contribution in [0.15, 0.2) is 36.4 Å². The molecule has 0 spiro atoms. The van der Waals surface area contributed by atoms with Crippen LogP contribution >= 0.6 is 0 Å². The second kappa shape index (κ2) is 3.50. The average molecular weight is 185 g/mol. The third kappa shape index (κ3) is 1.46. The Hall–Kier alpha value is -1.83. The molecule has 69 valence electrons. The Morgan fingerprint density at radius 3 is 2.50 bits per heavy atom. The fourth-order valence-corrected chi connectivity index (χ4v) is 1.41. The molecule has 1 radical (unpaired) electrons. The molecule has 0 saturated heterocycles. The number of carbonyl (C=O) groups excluding carboxylic acids is 1. The largest absolute Gasteiger partial charge is 0.497 e. The van der Waals surface area contributed by atoms with Crippen molar-refractivity contribution >= 4 is 17.1 Å². The molecule has 0 fully saturated rings. The van der Waals surface area contributed by atoms with Crippen molar-refractivity contribution in [3.63, 3.8) is 0 Å². The van der Waals surface area contributed by atoms with Crippen LogP contribution in [0.4, 0.5) is 0 Å². The van der Waals surface area contributed by atoms with Crippen molar-refractivity contribution in [3.05, 3.63) is 42.0 Å². The molecule has 0 saturated carbocycles. The van der Waals surface area contributed by atoms with E-state index in [-0.39, 0.29) is 0 Å². The lowest BCUT2D eigenvalue weighted by molar-refractivity contribution is 0.415. The van der Waals surface area contributed by atoms with E-state index in [9.17, 15) is 4.79 Å². The summed E-state index contributed by atoms with van der Waals surface area (Å²) >= 11 is 0. The number of hydrogen-bond acceptors (Lipinski definition) is 2. The molecule has 2 aromatic carbocycles. The zero-order chi connectivity index (χ0) is 9.97. The van der Waals surface area contributed by atoms with Gasteiger partial charge in [0.15, 0.2) is 0 Å². The van der Waals surface area contributed by atoms with Crippen LogP contribution in [0.2, 0.25) is 0 Å². The molecule has 14 heavy (non-hydrogen) atoms. The van der Waals surface area contributed by atoms with E-state index in [1.165, 1.54) is 0 Å². The topological polar surface area (TPSA) is 26.3 Å². The van der Waals surface area contributed by atoms with Gasteiger partial charge < -0.3 is 4.74 Å². The molecule has 2 nitrogen and oxygen atoms in total. The SMILES string of the molecule is COc1ccc2cc([C]=O)ccc2c1. The summed E-state index contributed by atoms with van der Waals surface area (Å²) in [7, 11) is 1.63. The van der Waals surface area contributed by atoms with Crippen LogP contribution in [-0.4, -0.2) is 13.4 Å². The van der Waals surface area contributed by atoms with Crippen LogP contribution < -0.4 is 4.74 Å². The van der Waals surface area contributed by atoms with Gasteiger partial charge in [-0.1, -0.05) is 18.2 Å². The van der Waals surface area contributed by atoms with Gasteiger partial charge in [0.1, 0.15) is 5.75 Å². The summed E-state index contributed by atoms with van der Waals surface area (Å²) in [6.07, 6.45) is 1.87. The third-order valence-corrected chi connectivity index (χ3v) is 2.17. The van der Waals surface area contributed by atoms with Gasteiger partial charge in [-0.3, -0.25) is 4.79 Å². The molecule has 0 aromatic heterocycles. The van der Waals surface area contributed by atoms with Crippen molar-refractivity contribution < 1.29 is 9.53 Å². The Kier molecular flexibility index (Phi) is 2.19. The molecule has 0 unspecified atom stereocenters. The highest BCUT2D eigenvalue weighted by atomic mass is 16.5. The third-order valence-electron chi connectivity index (χ3n) is 2.17. The summed E-state index contributed by atoms with van der Waals surface area (Å²) in [5, 5.41) is 2.08. The molecule has 0 aliphatic carbocycles. The Balaban J connectivity index is 2.63. The van der Waals surface area contributed by atoms with Crippen molar-refractivity contribution in [2.75, 3.05) is 7.11 Å². The first kappa shape index (κ1) is 8.75. The lowest BCUT2D eigenvalue weighted by atomic mass is 10.1. The summed E-state index contributed by atoms with van der Waals surface area (Å²) in [6.45, 7) is 0. The molecule has 0 atom stereocenters. The standard InChI is InChI=1S/C12H9O2/c1-14-12-5-4-10-6-9(8-13)2-3-11(10)7-12/h2-7H,1H3. The molecule has 2 heteroatoms. The molecular formula is C12H9O2. The molecule has 0 amide bonds. The Morgan fingerprint density at radius 1 is 1.07 bits per heavy atom. The van der Waals surface area contributed by atoms with Gasteiger partial charge in [0.25, 0.3) is 0 Å². The van der Waals surface area contributed by atoms with Crippen LogP contribution in [0.25, 0.3) is 10.8 Å². The van der Waals surface area contributed by atoms with Gasteiger partial charge in [0.2, 0.25) is 6.29 Å². The maximum atomic E-state index is 10.4. The minimum Gasteiger partial charge on any atom is -0.497 e. The van der Waals surface area contributed by atoms with E-state index in [1.807, 2.05) is 36.6 Å². The maximum Gasteiger partial charge on any atom is 0.233 e. The molecule has 0 heterocycles. The van der Waals surface area contributed by atoms with Crippen LogP contribution in [0, 0.1) is 0 Å². The van der Waals surface area contributed by atoms with E-state index >= 15 is 0 Å². The van der Waals surface area contributed by atoms with Crippen molar-refractivity contribution in [1.82, 2.24) is 0 Å². The zero-order valence-corrected chi connectivity index (χ0v) is 7.78. The molecular weight excluding hydrogens is 176 g/mol. The van der Waals surface area contributed by atoms with E-state index in [2.05, 4.69) is 0 Å². The molecule has 0 aliphatic heterocycles. The predicted molar refractivity (Wildman–Crippen MR) is 55.3 cm³/mol. The lowest BCUT2D eigenvalue weighted by Gasteiger charge is -2.02. The van der Waals surface area contributed by atoms with Gasteiger partial charge in [0, 0.05) is 5.56 Å². The van der Waals surface area contributed by atoms with Gasteiger partial charge in [0.05, 0.1) is 7.11 Å². The normalized spacial score (nSPS) is 10.1. The minimum absolute atomic E-state index is 0.572. The van der Waals surface area contributed by atoms with Gasteiger partial charge in [-0.2, -0.15) is 0 Å². The first-order valence-electron chi connectivity index (χ1n) is 4.29. The van der Waals surface area contributed by atoms with E-state index in [0.717, 1.165) is 16.5 Å². The highest BCUT2D eigenvalue weighted by Gasteiger charge is 1.97. The molecule has 2 aromatic rings. The highest BCUT2D eigenvalue weighted by Crippen LogP contribution is 2.21. The molecule has 0 aliphatic rings. The van der Waals surface area contributed by atoms with Gasteiger partial charge in [-0.25, -0.2) is 0 Å². The van der Waals surface area contributed by atoms with E-state index < -0.39 is 0 Å². The van der Waals surface area contributed by atoms with Crippen molar-refractivity contribution in [1.29, 1.82) is 0 Å². The van der Waals surface area contributed by atoms with E-state index in [4.69, 9.17) is 4.74 Å². The number of rotatable bonds is 2. The summed E-state index contributed by atoms with van der Waals surface area (Å²) < 4.78 is 5.10. The maximum absolute atomic E-state index is 10.4. The molecule has 2 rings (SSSR count). The van der Waals surface area contributed by atoms with Crippen LogP contribution in [0.1, 0.15) is 5.56 Å². The van der Waals surface area contributed by atoms with Crippen molar-refractivity contribution in [2.45, 2.75) is 0 Å². The number of ether oxygens (including phenoxy) is 1. The summed E-state index contributed by atoms with van der Waals surface area (Å²) in [4.78, 5) is 10.4. The number of hydrogen-bond donors (Lipinski definition) is 0. The van der Waals surface area contributed by atoms with Crippen molar-refractivity contribution in [2.24, 2.45) is 0 Å². The minimum atomic E-state index is 0.572. The van der Waals surface area contributed by atoms with Gasteiger partial charge in [-0.15, -0.1) is 0 Å². The van der Waals surface area contributed by atoms with Crippen LogP contribution in [0.3, 0.4) is 0 Å². The first-order chi connectivity index (χ1) is 6.83. The number of fused-ring (bicyclic) bond motifs is 1. The fraction of sp³-hybridized carbons (Fsp3) is 0.0833. The van der Waals surface area contributed by atoms with E-state index in [0.29, 0.717) is 5.56 Å². The Morgan fingerprint density at radius 2 is 1.79 bits per heavy atom. The second-order valence-electron chi connectivity index (χ2n) is 3.03. The molecule has 0 N–H and O–H groups in total. The summed E-state index contributed by atoms with van der Waals surface area (Å²) in [5.41, 5.74) is 0.572. The zero-order valence-electron chi connectivity index (χ0n) is 7.78. The fourth-order valence-electron chi connectivity index (χ4n) is 1.41. The quantitative estimate of drug-likeness (QED) is 0.717.